The molecule has 0 spiro atoms. The van der Waals surface area contributed by atoms with E-state index in [1.165, 1.54) is 12.1 Å². The SMILES string of the molecule is CC1CCC(NC(=O)c2nc(CCS(=O)(=O)c3ccc(F)cc3)no2)CC1. The lowest BCUT2D eigenvalue weighted by atomic mass is 9.87. The minimum Gasteiger partial charge on any atom is -0.345 e. The molecule has 1 aliphatic rings. The first-order chi connectivity index (χ1) is 12.8. The van der Waals surface area contributed by atoms with Crippen LogP contribution in [0.4, 0.5) is 4.39 Å². The molecule has 0 unspecified atom stereocenters. The molecule has 1 aromatic carbocycles. The normalized spacial score (nSPS) is 20.4. The van der Waals surface area contributed by atoms with Crippen LogP contribution in [-0.4, -0.2) is 36.3 Å². The van der Waals surface area contributed by atoms with E-state index in [1.807, 2.05) is 0 Å². The lowest BCUT2D eigenvalue weighted by Crippen LogP contribution is -2.37. The molecule has 1 N–H and O–H groups in total. The average Bonchev–Trinajstić information content (AvgIpc) is 3.12. The Balaban J connectivity index is 1.56. The van der Waals surface area contributed by atoms with E-state index < -0.39 is 21.6 Å². The van der Waals surface area contributed by atoms with Crippen molar-refractivity contribution < 1.29 is 22.1 Å². The molecule has 1 heterocycles. The zero-order valence-electron chi connectivity index (χ0n) is 15.0. The summed E-state index contributed by atoms with van der Waals surface area (Å²) in [7, 11) is -3.60. The number of benzene rings is 1. The van der Waals surface area contributed by atoms with Crippen molar-refractivity contribution in [1.82, 2.24) is 15.5 Å². The minimum absolute atomic E-state index is 0.00255. The van der Waals surface area contributed by atoms with E-state index in [0.717, 1.165) is 37.8 Å². The minimum atomic E-state index is -3.60. The molecule has 1 amide bonds. The van der Waals surface area contributed by atoms with E-state index in [9.17, 15) is 17.6 Å². The number of sulfone groups is 1. The van der Waals surface area contributed by atoms with Crippen molar-refractivity contribution >= 4 is 15.7 Å². The third kappa shape index (κ3) is 5.12. The second kappa shape index (κ2) is 8.16. The van der Waals surface area contributed by atoms with E-state index in [4.69, 9.17) is 4.52 Å². The summed E-state index contributed by atoms with van der Waals surface area (Å²) in [6.45, 7) is 2.20. The maximum atomic E-state index is 12.9. The van der Waals surface area contributed by atoms with Gasteiger partial charge in [-0.3, -0.25) is 4.79 Å². The fourth-order valence-corrected chi connectivity index (χ4v) is 4.32. The Hall–Kier alpha value is -2.29. The van der Waals surface area contributed by atoms with Crippen LogP contribution >= 0.6 is 0 Å². The Morgan fingerprint density at radius 2 is 1.89 bits per heavy atom. The highest BCUT2D eigenvalue weighted by atomic mass is 32.2. The Labute approximate surface area is 157 Å². The van der Waals surface area contributed by atoms with Gasteiger partial charge in [-0.1, -0.05) is 12.1 Å². The maximum Gasteiger partial charge on any atom is 0.315 e. The van der Waals surface area contributed by atoms with Crippen LogP contribution in [0.15, 0.2) is 33.7 Å². The molecule has 0 radical (unpaired) electrons. The van der Waals surface area contributed by atoms with E-state index in [-0.39, 0.29) is 34.8 Å². The molecular formula is C18H22FN3O4S. The third-order valence-electron chi connectivity index (χ3n) is 4.78. The van der Waals surface area contributed by atoms with Crippen molar-refractivity contribution in [2.24, 2.45) is 5.92 Å². The third-order valence-corrected chi connectivity index (χ3v) is 6.51. The molecule has 146 valence electrons. The van der Waals surface area contributed by atoms with Gasteiger partial charge in [0.25, 0.3) is 0 Å². The van der Waals surface area contributed by atoms with Gasteiger partial charge in [0.2, 0.25) is 0 Å². The fourth-order valence-electron chi connectivity index (χ4n) is 3.08. The Morgan fingerprint density at radius 3 is 2.56 bits per heavy atom. The lowest BCUT2D eigenvalue weighted by molar-refractivity contribution is 0.0878. The molecule has 0 saturated heterocycles. The summed E-state index contributed by atoms with van der Waals surface area (Å²) in [5.74, 6) is -0.549. The first-order valence-corrected chi connectivity index (χ1v) is 10.6. The van der Waals surface area contributed by atoms with Crippen LogP contribution in [-0.2, 0) is 16.3 Å². The number of rotatable bonds is 6. The number of amides is 1. The summed E-state index contributed by atoms with van der Waals surface area (Å²) >= 11 is 0. The quantitative estimate of drug-likeness (QED) is 0.754. The van der Waals surface area contributed by atoms with Crippen LogP contribution < -0.4 is 5.32 Å². The summed E-state index contributed by atoms with van der Waals surface area (Å²) in [6.07, 6.45) is 3.98. The van der Waals surface area contributed by atoms with Gasteiger partial charge in [0.1, 0.15) is 5.82 Å². The van der Waals surface area contributed by atoms with Gasteiger partial charge in [-0.25, -0.2) is 12.8 Å². The molecule has 1 fully saturated rings. The van der Waals surface area contributed by atoms with E-state index >= 15 is 0 Å². The predicted molar refractivity (Wildman–Crippen MR) is 95.3 cm³/mol. The van der Waals surface area contributed by atoms with Crippen molar-refractivity contribution in [3.63, 3.8) is 0 Å². The molecule has 7 nitrogen and oxygen atoms in total. The molecule has 0 atom stereocenters. The summed E-state index contributed by atoms with van der Waals surface area (Å²) < 4.78 is 42.4. The van der Waals surface area contributed by atoms with Crippen LogP contribution in [0.2, 0.25) is 0 Å². The van der Waals surface area contributed by atoms with Gasteiger partial charge in [0.05, 0.1) is 10.6 Å². The van der Waals surface area contributed by atoms with Crippen molar-refractivity contribution in [3.8, 4) is 0 Å². The van der Waals surface area contributed by atoms with Gasteiger partial charge in [0, 0.05) is 12.5 Å². The summed E-state index contributed by atoms with van der Waals surface area (Å²) in [5.41, 5.74) is 0. The Morgan fingerprint density at radius 1 is 1.22 bits per heavy atom. The fraction of sp³-hybridized carbons (Fsp3) is 0.500. The Bertz CT molecular complexity index is 888. The molecule has 9 heteroatoms. The molecule has 27 heavy (non-hydrogen) atoms. The van der Waals surface area contributed by atoms with E-state index in [2.05, 4.69) is 22.4 Å². The van der Waals surface area contributed by atoms with Crippen molar-refractivity contribution in [2.75, 3.05) is 5.75 Å². The lowest BCUT2D eigenvalue weighted by Gasteiger charge is -2.26. The summed E-state index contributed by atoms with van der Waals surface area (Å²) in [4.78, 5) is 16.2. The summed E-state index contributed by atoms with van der Waals surface area (Å²) in [6, 6.07) is 4.71. The highest BCUT2D eigenvalue weighted by molar-refractivity contribution is 7.91. The monoisotopic (exact) mass is 395 g/mol. The zero-order chi connectivity index (χ0) is 19.4. The number of nitrogens with one attached hydrogen (secondary N) is 1. The van der Waals surface area contributed by atoms with Gasteiger partial charge in [-0.15, -0.1) is 0 Å². The maximum absolute atomic E-state index is 12.9. The Kier molecular flexibility index (Phi) is 5.88. The second-order valence-electron chi connectivity index (χ2n) is 6.97. The number of nitrogens with zero attached hydrogens (tertiary/aromatic N) is 2. The smallest absolute Gasteiger partial charge is 0.315 e. The molecule has 0 bridgehead atoms. The van der Waals surface area contributed by atoms with Gasteiger partial charge in [0.15, 0.2) is 15.7 Å². The van der Waals surface area contributed by atoms with Crippen LogP contribution in [0.25, 0.3) is 0 Å². The number of aromatic nitrogens is 2. The average molecular weight is 395 g/mol. The standard InChI is InChI=1S/C18H22FN3O4S/c1-12-2-6-14(7-3-12)20-17(23)18-21-16(22-26-18)10-11-27(24,25)15-8-4-13(19)5-9-15/h4-5,8-9,12,14H,2-3,6-7,10-11H2,1H3,(H,20,23). The van der Waals surface area contributed by atoms with Gasteiger partial charge < -0.3 is 9.84 Å². The predicted octanol–water partition coefficient (Wildman–Crippen LogP) is 2.53. The number of hydrogen-bond acceptors (Lipinski definition) is 6. The number of aryl methyl sites for hydroxylation is 1. The topological polar surface area (TPSA) is 102 Å². The van der Waals surface area contributed by atoms with Crippen LogP contribution in [0.3, 0.4) is 0 Å². The van der Waals surface area contributed by atoms with Crippen molar-refractivity contribution in [1.29, 1.82) is 0 Å². The molecular weight excluding hydrogens is 373 g/mol. The van der Waals surface area contributed by atoms with Crippen molar-refractivity contribution in [3.05, 3.63) is 41.8 Å². The van der Waals surface area contributed by atoms with Crippen LogP contribution in [0, 0.1) is 11.7 Å². The first-order valence-electron chi connectivity index (χ1n) is 8.95. The van der Waals surface area contributed by atoms with Gasteiger partial charge in [-0.05, 0) is 55.9 Å². The first kappa shape index (κ1) is 19.5. The van der Waals surface area contributed by atoms with Gasteiger partial charge >= 0.3 is 11.8 Å². The number of carbonyl (C=O) groups excluding carboxylic acids is 1. The molecule has 2 aromatic rings. The highest BCUT2D eigenvalue weighted by Crippen LogP contribution is 2.23. The second-order valence-corrected chi connectivity index (χ2v) is 9.08. The zero-order valence-corrected chi connectivity index (χ0v) is 15.8. The number of halogens is 1. The summed E-state index contributed by atoms with van der Waals surface area (Å²) in [5, 5.41) is 6.57. The molecule has 1 saturated carbocycles. The molecule has 1 aliphatic carbocycles. The number of hydrogen-bond donors (Lipinski definition) is 1. The van der Waals surface area contributed by atoms with Crippen LogP contribution in [0.5, 0.6) is 0 Å². The van der Waals surface area contributed by atoms with Crippen molar-refractivity contribution in [2.45, 2.75) is 50.0 Å². The van der Waals surface area contributed by atoms with Gasteiger partial charge in [-0.2, -0.15) is 4.98 Å². The largest absolute Gasteiger partial charge is 0.345 e. The molecule has 3 rings (SSSR count). The molecule has 0 aliphatic heterocycles. The molecule has 1 aromatic heterocycles. The van der Waals surface area contributed by atoms with E-state index in [1.54, 1.807) is 0 Å². The number of carbonyl (C=O) groups is 1. The van der Waals surface area contributed by atoms with E-state index in [0.29, 0.717) is 5.92 Å². The van der Waals surface area contributed by atoms with Crippen LogP contribution in [0.1, 0.15) is 49.1 Å². The highest BCUT2D eigenvalue weighted by Gasteiger charge is 2.23.